The zero-order chi connectivity index (χ0) is 15.5. The van der Waals surface area contributed by atoms with E-state index in [9.17, 15) is 0 Å². The summed E-state index contributed by atoms with van der Waals surface area (Å²) in [6, 6.07) is 8.93. The summed E-state index contributed by atoms with van der Waals surface area (Å²) in [5.41, 5.74) is 7.07. The van der Waals surface area contributed by atoms with Crippen molar-refractivity contribution in [3.8, 4) is 5.75 Å². The van der Waals surface area contributed by atoms with E-state index in [0.29, 0.717) is 11.2 Å². The predicted molar refractivity (Wildman–Crippen MR) is 91.0 cm³/mol. The van der Waals surface area contributed by atoms with Crippen LogP contribution >= 0.6 is 11.3 Å². The molecule has 1 saturated carbocycles. The van der Waals surface area contributed by atoms with E-state index < -0.39 is 0 Å². The molecule has 0 spiro atoms. The molecule has 1 aliphatic carbocycles. The lowest BCUT2D eigenvalue weighted by molar-refractivity contribution is 0.173. The highest BCUT2D eigenvalue weighted by atomic mass is 32.1. The van der Waals surface area contributed by atoms with Crippen LogP contribution in [0.15, 0.2) is 30.5 Å². The second-order valence-corrected chi connectivity index (χ2v) is 7.14. The van der Waals surface area contributed by atoms with E-state index in [1.165, 1.54) is 23.3 Å². The summed E-state index contributed by atoms with van der Waals surface area (Å²) in [4.78, 5) is 7.94. The first-order chi connectivity index (χ1) is 10.7. The molecule has 1 unspecified atom stereocenters. The molecule has 1 heterocycles. The van der Waals surface area contributed by atoms with Gasteiger partial charge in [-0.25, -0.2) is 4.98 Å². The van der Waals surface area contributed by atoms with Crippen molar-refractivity contribution in [2.45, 2.75) is 38.9 Å². The standard InChI is InChI=1S/C17H23N3OS/c1-12(14-5-6-14)20(11-16-9-19-17(18)22-16)10-13-3-7-15(21-2)8-4-13/h3-4,7-9,12,14H,5-6,10-11H2,1-2H3,(H2,18,19). The van der Waals surface area contributed by atoms with Crippen molar-refractivity contribution in [2.75, 3.05) is 12.8 Å². The topological polar surface area (TPSA) is 51.4 Å². The third-order valence-electron chi connectivity index (χ3n) is 4.36. The largest absolute Gasteiger partial charge is 0.497 e. The molecule has 0 saturated heterocycles. The van der Waals surface area contributed by atoms with Gasteiger partial charge in [0.25, 0.3) is 0 Å². The van der Waals surface area contributed by atoms with Crippen molar-refractivity contribution in [3.05, 3.63) is 40.9 Å². The quantitative estimate of drug-likeness (QED) is 0.848. The summed E-state index contributed by atoms with van der Waals surface area (Å²) in [5.74, 6) is 1.74. The molecule has 5 heteroatoms. The molecular formula is C17H23N3OS. The van der Waals surface area contributed by atoms with Crippen LogP contribution in [0.25, 0.3) is 0 Å². The number of nitrogens with zero attached hydrogens (tertiary/aromatic N) is 2. The minimum atomic E-state index is 0.588. The van der Waals surface area contributed by atoms with Gasteiger partial charge in [0, 0.05) is 30.2 Å². The first-order valence-corrected chi connectivity index (χ1v) is 8.54. The maximum Gasteiger partial charge on any atom is 0.180 e. The van der Waals surface area contributed by atoms with E-state index in [1.807, 2.05) is 18.3 Å². The lowest BCUT2D eigenvalue weighted by atomic mass is 10.1. The molecule has 4 nitrogen and oxygen atoms in total. The summed E-state index contributed by atoms with van der Waals surface area (Å²) in [5, 5.41) is 0.651. The Labute approximate surface area is 135 Å². The fraction of sp³-hybridized carbons (Fsp3) is 0.471. The Morgan fingerprint density at radius 3 is 2.59 bits per heavy atom. The van der Waals surface area contributed by atoms with Crippen LogP contribution in [0.4, 0.5) is 5.13 Å². The van der Waals surface area contributed by atoms with Crippen molar-refractivity contribution in [2.24, 2.45) is 5.92 Å². The maximum atomic E-state index is 5.76. The molecule has 118 valence electrons. The van der Waals surface area contributed by atoms with Gasteiger partial charge in [-0.1, -0.05) is 12.1 Å². The van der Waals surface area contributed by atoms with E-state index in [4.69, 9.17) is 10.5 Å². The second-order valence-electron chi connectivity index (χ2n) is 6.00. The van der Waals surface area contributed by atoms with Gasteiger partial charge in [0.1, 0.15) is 5.75 Å². The Morgan fingerprint density at radius 2 is 2.05 bits per heavy atom. The van der Waals surface area contributed by atoms with E-state index in [2.05, 4.69) is 28.9 Å². The van der Waals surface area contributed by atoms with Gasteiger partial charge < -0.3 is 10.5 Å². The summed E-state index contributed by atoms with van der Waals surface area (Å²) in [7, 11) is 1.70. The van der Waals surface area contributed by atoms with Gasteiger partial charge in [0.15, 0.2) is 5.13 Å². The molecule has 3 rings (SSSR count). The third-order valence-corrected chi connectivity index (χ3v) is 5.17. The second kappa shape index (κ2) is 6.67. The number of benzene rings is 1. The average Bonchev–Trinajstić information content (AvgIpc) is 3.30. The number of aromatic nitrogens is 1. The minimum Gasteiger partial charge on any atom is -0.497 e. The fourth-order valence-electron chi connectivity index (χ4n) is 2.78. The van der Waals surface area contributed by atoms with Gasteiger partial charge in [0.05, 0.1) is 7.11 Å². The van der Waals surface area contributed by atoms with Gasteiger partial charge in [-0.2, -0.15) is 0 Å². The Morgan fingerprint density at radius 1 is 1.32 bits per heavy atom. The maximum absolute atomic E-state index is 5.76. The lowest BCUT2D eigenvalue weighted by Crippen LogP contribution is -2.33. The molecule has 2 aromatic rings. The molecule has 22 heavy (non-hydrogen) atoms. The number of anilines is 1. The Hall–Kier alpha value is -1.59. The molecule has 1 fully saturated rings. The molecule has 1 aromatic heterocycles. The average molecular weight is 317 g/mol. The highest BCUT2D eigenvalue weighted by molar-refractivity contribution is 7.15. The van der Waals surface area contributed by atoms with Crippen LogP contribution in [-0.2, 0) is 13.1 Å². The first-order valence-electron chi connectivity index (χ1n) is 7.73. The molecular weight excluding hydrogens is 294 g/mol. The van der Waals surface area contributed by atoms with Crippen molar-refractivity contribution in [1.29, 1.82) is 0 Å². The number of nitrogens with two attached hydrogens (primary N) is 1. The number of methoxy groups -OCH3 is 1. The van der Waals surface area contributed by atoms with E-state index in [0.717, 1.165) is 24.8 Å². The Kier molecular flexibility index (Phi) is 4.64. The number of hydrogen-bond donors (Lipinski definition) is 1. The molecule has 1 atom stereocenters. The van der Waals surface area contributed by atoms with Gasteiger partial charge in [-0.3, -0.25) is 4.90 Å². The molecule has 2 N–H and O–H groups in total. The minimum absolute atomic E-state index is 0.588. The van der Waals surface area contributed by atoms with Crippen LogP contribution in [0.1, 0.15) is 30.2 Å². The highest BCUT2D eigenvalue weighted by Gasteiger charge is 2.32. The summed E-state index contributed by atoms with van der Waals surface area (Å²) < 4.78 is 5.23. The van der Waals surface area contributed by atoms with Crippen molar-refractivity contribution in [3.63, 3.8) is 0 Å². The van der Waals surface area contributed by atoms with Gasteiger partial charge in [-0.05, 0) is 43.4 Å². The normalized spacial score (nSPS) is 16.0. The third kappa shape index (κ3) is 3.78. The Bertz CT molecular complexity index is 607. The smallest absolute Gasteiger partial charge is 0.180 e. The summed E-state index contributed by atoms with van der Waals surface area (Å²) >= 11 is 1.59. The SMILES string of the molecule is COc1ccc(CN(Cc2cnc(N)s2)C(C)C2CC2)cc1. The summed E-state index contributed by atoms with van der Waals surface area (Å²) in [6.45, 7) is 4.20. The molecule has 1 aliphatic rings. The van der Waals surface area contributed by atoms with Crippen LogP contribution in [0.3, 0.4) is 0 Å². The number of hydrogen-bond acceptors (Lipinski definition) is 5. The zero-order valence-electron chi connectivity index (χ0n) is 13.2. The molecule has 0 aliphatic heterocycles. The molecule has 1 aromatic carbocycles. The van der Waals surface area contributed by atoms with Crippen LogP contribution in [0.5, 0.6) is 5.75 Å². The number of nitrogen functional groups attached to an aromatic ring is 1. The van der Waals surface area contributed by atoms with E-state index >= 15 is 0 Å². The van der Waals surface area contributed by atoms with Crippen molar-refractivity contribution < 1.29 is 4.74 Å². The number of ether oxygens (including phenoxy) is 1. The van der Waals surface area contributed by atoms with Gasteiger partial charge >= 0.3 is 0 Å². The number of rotatable bonds is 7. The van der Waals surface area contributed by atoms with Crippen LogP contribution in [0.2, 0.25) is 0 Å². The predicted octanol–water partition coefficient (Wildman–Crippen LogP) is 3.53. The van der Waals surface area contributed by atoms with Crippen LogP contribution in [0, 0.1) is 5.92 Å². The first kappa shape index (κ1) is 15.3. The fourth-order valence-corrected chi connectivity index (χ4v) is 3.49. The van der Waals surface area contributed by atoms with Gasteiger partial charge in [0.2, 0.25) is 0 Å². The van der Waals surface area contributed by atoms with E-state index in [-0.39, 0.29) is 0 Å². The number of thiazole rings is 1. The van der Waals surface area contributed by atoms with E-state index in [1.54, 1.807) is 18.4 Å². The van der Waals surface area contributed by atoms with Crippen molar-refractivity contribution >= 4 is 16.5 Å². The molecule has 0 bridgehead atoms. The Balaban J connectivity index is 1.72. The molecule has 0 radical (unpaired) electrons. The summed E-state index contributed by atoms with van der Waals surface area (Å²) in [6.07, 6.45) is 4.61. The van der Waals surface area contributed by atoms with Crippen molar-refractivity contribution in [1.82, 2.24) is 9.88 Å². The molecule has 0 amide bonds. The monoisotopic (exact) mass is 317 g/mol. The zero-order valence-corrected chi connectivity index (χ0v) is 14.0. The lowest BCUT2D eigenvalue weighted by Gasteiger charge is -2.28. The van der Waals surface area contributed by atoms with Gasteiger partial charge in [-0.15, -0.1) is 11.3 Å². The highest BCUT2D eigenvalue weighted by Crippen LogP contribution is 2.36. The van der Waals surface area contributed by atoms with Crippen LogP contribution in [-0.4, -0.2) is 23.0 Å². The van der Waals surface area contributed by atoms with Crippen LogP contribution < -0.4 is 10.5 Å².